The molecule has 2 N–H and O–H groups in total. The monoisotopic (exact) mass is 254 g/mol. The number of esters is 1. The third-order valence-corrected chi connectivity index (χ3v) is 2.32. The summed E-state index contributed by atoms with van der Waals surface area (Å²) in [7, 11) is 1.32. The number of carbonyl (C=O) groups is 2. The van der Waals surface area contributed by atoms with Gasteiger partial charge in [0.15, 0.2) is 23.9 Å². The van der Waals surface area contributed by atoms with E-state index in [-0.39, 0.29) is 29.2 Å². The molecule has 1 rings (SSSR count). The zero-order valence-electron chi connectivity index (χ0n) is 10.0. The summed E-state index contributed by atoms with van der Waals surface area (Å²) in [5.41, 5.74) is 0.0203. The molecule has 1 unspecified atom stereocenters. The van der Waals surface area contributed by atoms with Crippen molar-refractivity contribution in [1.82, 2.24) is 0 Å². The SMILES string of the molecule is CCOC(=O)C(O)c1cc(OC)c(O)cc1C=O. The standard InChI is InChI=1S/C12H14O6/c1-3-18-12(16)11(15)8-5-10(17-2)9(14)4-7(8)6-13/h4-6,11,14-15H,3H2,1-2H3. The van der Waals surface area contributed by atoms with Crippen LogP contribution < -0.4 is 4.74 Å². The minimum Gasteiger partial charge on any atom is -0.504 e. The second-order valence-corrected chi connectivity index (χ2v) is 3.43. The zero-order chi connectivity index (χ0) is 13.7. The fourth-order valence-corrected chi connectivity index (χ4v) is 1.45. The third-order valence-electron chi connectivity index (χ3n) is 2.32. The van der Waals surface area contributed by atoms with Gasteiger partial charge in [-0.1, -0.05) is 0 Å². The first-order valence-corrected chi connectivity index (χ1v) is 5.25. The second-order valence-electron chi connectivity index (χ2n) is 3.43. The summed E-state index contributed by atoms with van der Waals surface area (Å²) in [6.07, 6.45) is -1.17. The molecule has 1 atom stereocenters. The predicted octanol–water partition coefficient (Wildman–Crippen LogP) is 0.810. The Balaban J connectivity index is 3.20. The van der Waals surface area contributed by atoms with Crippen molar-refractivity contribution in [1.29, 1.82) is 0 Å². The molecule has 18 heavy (non-hydrogen) atoms. The number of methoxy groups -OCH3 is 1. The molecule has 0 heterocycles. The molecule has 0 saturated heterocycles. The normalized spacial score (nSPS) is 11.7. The van der Waals surface area contributed by atoms with Crippen LogP contribution in [0.3, 0.4) is 0 Å². The topological polar surface area (TPSA) is 93.1 Å². The van der Waals surface area contributed by atoms with Crippen molar-refractivity contribution in [3.05, 3.63) is 23.3 Å². The van der Waals surface area contributed by atoms with Gasteiger partial charge in [0, 0.05) is 11.1 Å². The van der Waals surface area contributed by atoms with Gasteiger partial charge in [0.05, 0.1) is 13.7 Å². The minimum absolute atomic E-state index is 0.00569. The molecule has 0 aromatic heterocycles. The Kier molecular flexibility index (Phi) is 4.67. The highest BCUT2D eigenvalue weighted by atomic mass is 16.5. The molecule has 1 aromatic carbocycles. The van der Waals surface area contributed by atoms with Gasteiger partial charge in [-0.3, -0.25) is 4.79 Å². The summed E-state index contributed by atoms with van der Waals surface area (Å²) < 4.78 is 9.50. The zero-order valence-corrected chi connectivity index (χ0v) is 10.0. The maximum absolute atomic E-state index is 11.4. The van der Waals surface area contributed by atoms with Crippen molar-refractivity contribution in [2.45, 2.75) is 13.0 Å². The molecule has 1 aromatic rings. The van der Waals surface area contributed by atoms with Crippen LogP contribution in [0.15, 0.2) is 12.1 Å². The van der Waals surface area contributed by atoms with Gasteiger partial charge in [-0.25, -0.2) is 4.79 Å². The van der Waals surface area contributed by atoms with Crippen LogP contribution in [-0.4, -0.2) is 36.2 Å². The number of carbonyl (C=O) groups excluding carboxylic acids is 2. The van der Waals surface area contributed by atoms with Crippen molar-refractivity contribution in [2.24, 2.45) is 0 Å². The molecule has 0 spiro atoms. The molecule has 0 fully saturated rings. The van der Waals surface area contributed by atoms with Gasteiger partial charge < -0.3 is 19.7 Å². The van der Waals surface area contributed by atoms with Crippen molar-refractivity contribution in [3.63, 3.8) is 0 Å². The number of aldehydes is 1. The van der Waals surface area contributed by atoms with E-state index in [0.29, 0.717) is 6.29 Å². The Labute approximate surface area is 104 Å². The van der Waals surface area contributed by atoms with Gasteiger partial charge in [0.2, 0.25) is 0 Å². The van der Waals surface area contributed by atoms with E-state index in [1.807, 2.05) is 0 Å². The first-order chi connectivity index (χ1) is 8.54. The van der Waals surface area contributed by atoms with Crippen LogP contribution in [0, 0.1) is 0 Å². The van der Waals surface area contributed by atoms with E-state index in [4.69, 9.17) is 4.74 Å². The van der Waals surface area contributed by atoms with E-state index in [0.717, 1.165) is 6.07 Å². The molecular weight excluding hydrogens is 240 g/mol. The van der Waals surface area contributed by atoms with Crippen LogP contribution in [0.2, 0.25) is 0 Å². The van der Waals surface area contributed by atoms with E-state index in [9.17, 15) is 19.8 Å². The predicted molar refractivity (Wildman–Crippen MR) is 61.6 cm³/mol. The van der Waals surface area contributed by atoms with E-state index in [1.165, 1.54) is 13.2 Å². The molecule has 0 amide bonds. The minimum atomic E-state index is -1.60. The number of phenols is 1. The molecule has 0 aliphatic rings. The van der Waals surface area contributed by atoms with Crippen LogP contribution >= 0.6 is 0 Å². The van der Waals surface area contributed by atoms with Crippen molar-refractivity contribution in [2.75, 3.05) is 13.7 Å². The number of ether oxygens (including phenoxy) is 2. The molecule has 6 nitrogen and oxygen atoms in total. The van der Waals surface area contributed by atoms with Crippen molar-refractivity contribution >= 4 is 12.3 Å². The number of aliphatic hydroxyl groups is 1. The highest BCUT2D eigenvalue weighted by Gasteiger charge is 2.23. The Morgan fingerprint density at radius 2 is 2.17 bits per heavy atom. The summed E-state index contributed by atoms with van der Waals surface area (Å²) >= 11 is 0. The summed E-state index contributed by atoms with van der Waals surface area (Å²) in [5.74, 6) is -1.06. The second kappa shape index (κ2) is 6.02. The fraction of sp³-hybridized carbons (Fsp3) is 0.333. The van der Waals surface area contributed by atoms with Gasteiger partial charge in [-0.2, -0.15) is 0 Å². The first kappa shape index (κ1) is 14.0. The third kappa shape index (κ3) is 2.78. The van der Waals surface area contributed by atoms with Gasteiger partial charge in [-0.15, -0.1) is 0 Å². The van der Waals surface area contributed by atoms with Crippen LogP contribution in [0.5, 0.6) is 11.5 Å². The lowest BCUT2D eigenvalue weighted by atomic mass is 10.0. The lowest BCUT2D eigenvalue weighted by Crippen LogP contribution is -2.17. The largest absolute Gasteiger partial charge is 0.504 e. The number of aliphatic hydroxyl groups excluding tert-OH is 1. The van der Waals surface area contributed by atoms with Crippen LogP contribution in [0.4, 0.5) is 0 Å². The summed E-state index contributed by atoms with van der Waals surface area (Å²) in [6.45, 7) is 1.71. The van der Waals surface area contributed by atoms with Crippen LogP contribution in [0.25, 0.3) is 0 Å². The van der Waals surface area contributed by atoms with Crippen molar-refractivity contribution in [3.8, 4) is 11.5 Å². The van der Waals surface area contributed by atoms with Crippen LogP contribution in [0.1, 0.15) is 28.9 Å². The summed E-state index contributed by atoms with van der Waals surface area (Å²) in [5, 5.41) is 19.3. The molecule has 0 saturated carbocycles. The van der Waals surface area contributed by atoms with E-state index in [1.54, 1.807) is 6.92 Å². The van der Waals surface area contributed by atoms with Gasteiger partial charge in [0.25, 0.3) is 0 Å². The molecule has 98 valence electrons. The molecule has 0 aliphatic heterocycles. The smallest absolute Gasteiger partial charge is 0.339 e. The molecular formula is C12H14O6. The molecule has 0 aliphatic carbocycles. The van der Waals surface area contributed by atoms with Gasteiger partial charge in [0.1, 0.15) is 0 Å². The Morgan fingerprint density at radius 3 is 2.67 bits per heavy atom. The maximum Gasteiger partial charge on any atom is 0.339 e. The van der Waals surface area contributed by atoms with Crippen molar-refractivity contribution < 1.29 is 29.3 Å². The molecule has 0 bridgehead atoms. The number of hydrogen-bond acceptors (Lipinski definition) is 6. The average molecular weight is 254 g/mol. The number of benzene rings is 1. The Bertz CT molecular complexity index is 454. The summed E-state index contributed by atoms with van der Waals surface area (Å²) in [6, 6.07) is 2.34. The average Bonchev–Trinajstić information content (AvgIpc) is 2.37. The highest BCUT2D eigenvalue weighted by molar-refractivity contribution is 5.85. The van der Waals surface area contributed by atoms with E-state index >= 15 is 0 Å². The van der Waals surface area contributed by atoms with Gasteiger partial charge >= 0.3 is 5.97 Å². The lowest BCUT2D eigenvalue weighted by molar-refractivity contribution is -0.153. The highest BCUT2D eigenvalue weighted by Crippen LogP contribution is 2.32. The van der Waals surface area contributed by atoms with Crippen LogP contribution in [-0.2, 0) is 9.53 Å². The first-order valence-electron chi connectivity index (χ1n) is 5.25. The number of hydrogen-bond donors (Lipinski definition) is 2. The summed E-state index contributed by atoms with van der Waals surface area (Å²) in [4.78, 5) is 22.3. The Morgan fingerprint density at radius 1 is 1.50 bits per heavy atom. The fourth-order valence-electron chi connectivity index (χ4n) is 1.45. The number of phenolic OH excluding ortho intramolecular Hbond substituents is 1. The quantitative estimate of drug-likeness (QED) is 0.596. The number of rotatable bonds is 5. The maximum atomic E-state index is 11.4. The Hall–Kier alpha value is -2.08. The number of aromatic hydroxyl groups is 1. The molecule has 6 heteroatoms. The molecule has 0 radical (unpaired) electrons. The van der Waals surface area contributed by atoms with E-state index < -0.39 is 12.1 Å². The van der Waals surface area contributed by atoms with Gasteiger partial charge in [-0.05, 0) is 19.1 Å². The lowest BCUT2D eigenvalue weighted by Gasteiger charge is -2.14. The van der Waals surface area contributed by atoms with E-state index in [2.05, 4.69) is 4.74 Å².